The maximum absolute atomic E-state index is 13.1. The molecule has 0 saturated carbocycles. The predicted molar refractivity (Wildman–Crippen MR) is 124 cm³/mol. The van der Waals surface area contributed by atoms with E-state index in [0.717, 1.165) is 10.9 Å². The SMILES string of the molecule is CCn1c(SCc2ccccc2/C(=C\OC)C(=O)OC)nc2c(oc3ccccc32)c1=O. The van der Waals surface area contributed by atoms with E-state index in [4.69, 9.17) is 18.9 Å². The van der Waals surface area contributed by atoms with E-state index in [0.29, 0.717) is 39.7 Å². The monoisotopic (exact) mass is 450 g/mol. The Bertz CT molecular complexity index is 1390. The van der Waals surface area contributed by atoms with Gasteiger partial charge in [0.15, 0.2) is 5.16 Å². The molecule has 0 amide bonds. The second-order valence-electron chi connectivity index (χ2n) is 6.92. The second-order valence-corrected chi connectivity index (χ2v) is 7.87. The standard InChI is InChI=1S/C24H22N2O5S/c1-4-26-22(27)21-20(17-11-7-8-12-19(17)31-21)25-24(26)32-14-15-9-5-6-10-16(15)18(13-29-2)23(28)30-3/h5-13H,4,14H2,1-3H3/b18-13+. The van der Waals surface area contributed by atoms with Crippen molar-refractivity contribution in [2.75, 3.05) is 14.2 Å². The molecule has 32 heavy (non-hydrogen) atoms. The van der Waals surface area contributed by atoms with Crippen LogP contribution in [0, 0.1) is 0 Å². The van der Waals surface area contributed by atoms with E-state index in [2.05, 4.69) is 0 Å². The number of ether oxygens (including phenoxy) is 2. The number of carbonyl (C=O) groups is 1. The molecule has 0 aliphatic heterocycles. The first-order valence-corrected chi connectivity index (χ1v) is 11.0. The van der Waals surface area contributed by atoms with Gasteiger partial charge in [-0.2, -0.15) is 0 Å². The highest BCUT2D eigenvalue weighted by atomic mass is 32.2. The molecule has 2 aromatic carbocycles. The number of fused-ring (bicyclic) bond motifs is 3. The van der Waals surface area contributed by atoms with Crippen LogP contribution in [0.3, 0.4) is 0 Å². The molecular weight excluding hydrogens is 428 g/mol. The third-order valence-corrected chi connectivity index (χ3v) is 6.09. The summed E-state index contributed by atoms with van der Waals surface area (Å²) in [5.41, 5.74) is 3.15. The lowest BCUT2D eigenvalue weighted by atomic mass is 10.0. The van der Waals surface area contributed by atoms with Crippen LogP contribution in [0.15, 0.2) is 69.2 Å². The number of para-hydroxylation sites is 1. The fourth-order valence-electron chi connectivity index (χ4n) is 3.54. The van der Waals surface area contributed by atoms with Gasteiger partial charge in [-0.05, 0) is 30.2 Å². The number of thioether (sulfide) groups is 1. The Morgan fingerprint density at radius 1 is 1.16 bits per heavy atom. The third-order valence-electron chi connectivity index (χ3n) is 5.07. The molecule has 4 aromatic rings. The maximum atomic E-state index is 13.1. The highest BCUT2D eigenvalue weighted by Gasteiger charge is 2.19. The number of hydrogen-bond acceptors (Lipinski definition) is 7. The minimum absolute atomic E-state index is 0.209. The lowest BCUT2D eigenvalue weighted by Gasteiger charge is -2.13. The summed E-state index contributed by atoms with van der Waals surface area (Å²) in [6.07, 6.45) is 1.37. The second kappa shape index (κ2) is 9.32. The Morgan fingerprint density at radius 3 is 2.66 bits per heavy atom. The largest absolute Gasteiger partial charge is 0.503 e. The molecule has 0 saturated heterocycles. The van der Waals surface area contributed by atoms with E-state index in [9.17, 15) is 9.59 Å². The number of nitrogens with zero attached hydrogens (tertiary/aromatic N) is 2. The molecule has 0 atom stereocenters. The van der Waals surface area contributed by atoms with Gasteiger partial charge in [-0.1, -0.05) is 48.2 Å². The Hall–Kier alpha value is -3.52. The van der Waals surface area contributed by atoms with Crippen molar-refractivity contribution in [3.05, 3.63) is 76.3 Å². The smallest absolute Gasteiger partial charge is 0.341 e. The Balaban J connectivity index is 1.76. The Labute approximate surface area is 188 Å². The summed E-state index contributed by atoms with van der Waals surface area (Å²) in [6, 6.07) is 15.0. The molecular formula is C24H22N2O5S. The highest BCUT2D eigenvalue weighted by Crippen LogP contribution is 2.30. The van der Waals surface area contributed by atoms with E-state index < -0.39 is 5.97 Å². The summed E-state index contributed by atoms with van der Waals surface area (Å²) in [7, 11) is 2.81. The first-order valence-electron chi connectivity index (χ1n) is 10.0. The lowest BCUT2D eigenvalue weighted by Crippen LogP contribution is -2.21. The van der Waals surface area contributed by atoms with Gasteiger partial charge in [0.05, 0.1) is 20.5 Å². The fraction of sp³-hybridized carbons (Fsp3) is 0.208. The molecule has 2 heterocycles. The van der Waals surface area contributed by atoms with Crippen LogP contribution in [0.2, 0.25) is 0 Å². The average molecular weight is 451 g/mol. The lowest BCUT2D eigenvalue weighted by molar-refractivity contribution is -0.133. The van der Waals surface area contributed by atoms with Crippen molar-refractivity contribution in [3.8, 4) is 0 Å². The van der Waals surface area contributed by atoms with Crippen LogP contribution >= 0.6 is 11.8 Å². The van der Waals surface area contributed by atoms with E-state index in [1.165, 1.54) is 32.2 Å². The maximum Gasteiger partial charge on any atom is 0.341 e. The van der Waals surface area contributed by atoms with Crippen molar-refractivity contribution < 1.29 is 18.7 Å². The summed E-state index contributed by atoms with van der Waals surface area (Å²) in [4.78, 5) is 30.1. The van der Waals surface area contributed by atoms with E-state index in [-0.39, 0.29) is 11.1 Å². The zero-order valence-electron chi connectivity index (χ0n) is 18.0. The normalized spacial score (nSPS) is 11.8. The first-order chi connectivity index (χ1) is 15.6. The van der Waals surface area contributed by atoms with E-state index in [1.54, 1.807) is 4.57 Å². The molecule has 8 heteroatoms. The molecule has 0 fully saturated rings. The minimum atomic E-state index is -0.487. The average Bonchev–Trinajstić information content (AvgIpc) is 3.20. The van der Waals surface area contributed by atoms with Crippen LogP contribution in [0.25, 0.3) is 27.6 Å². The Morgan fingerprint density at radius 2 is 1.91 bits per heavy atom. The summed E-state index contributed by atoms with van der Waals surface area (Å²) in [5.74, 6) is 0.00118. The number of benzene rings is 2. The van der Waals surface area contributed by atoms with Crippen LogP contribution in [0.4, 0.5) is 0 Å². The molecule has 0 bridgehead atoms. The fourth-order valence-corrected chi connectivity index (χ4v) is 4.60. The van der Waals surface area contributed by atoms with E-state index >= 15 is 0 Å². The molecule has 2 aromatic heterocycles. The van der Waals surface area contributed by atoms with Crippen molar-refractivity contribution in [2.24, 2.45) is 0 Å². The van der Waals surface area contributed by atoms with Crippen LogP contribution in [0.1, 0.15) is 18.1 Å². The molecule has 0 unspecified atom stereocenters. The molecule has 7 nitrogen and oxygen atoms in total. The van der Waals surface area contributed by atoms with Crippen LogP contribution in [0.5, 0.6) is 0 Å². The van der Waals surface area contributed by atoms with Gasteiger partial charge in [-0.25, -0.2) is 9.78 Å². The van der Waals surface area contributed by atoms with Crippen molar-refractivity contribution in [3.63, 3.8) is 0 Å². The summed E-state index contributed by atoms with van der Waals surface area (Å²) >= 11 is 1.42. The zero-order valence-corrected chi connectivity index (χ0v) is 18.8. The Kier molecular flexibility index (Phi) is 6.32. The quantitative estimate of drug-likeness (QED) is 0.134. The molecule has 0 aliphatic rings. The van der Waals surface area contributed by atoms with Crippen LogP contribution < -0.4 is 5.56 Å². The highest BCUT2D eigenvalue weighted by molar-refractivity contribution is 7.98. The van der Waals surface area contributed by atoms with Gasteiger partial charge < -0.3 is 13.9 Å². The van der Waals surface area contributed by atoms with Crippen molar-refractivity contribution in [1.29, 1.82) is 0 Å². The number of esters is 1. The minimum Gasteiger partial charge on any atom is -0.503 e. The molecule has 4 rings (SSSR count). The predicted octanol–water partition coefficient (Wildman–Crippen LogP) is 4.62. The summed E-state index contributed by atoms with van der Waals surface area (Å²) in [5, 5.41) is 1.39. The molecule has 0 spiro atoms. The van der Waals surface area contributed by atoms with Gasteiger partial charge in [-0.15, -0.1) is 0 Å². The number of rotatable bonds is 7. The summed E-state index contributed by atoms with van der Waals surface area (Å²) < 4.78 is 17.4. The van der Waals surface area contributed by atoms with E-state index in [1.807, 2.05) is 55.5 Å². The van der Waals surface area contributed by atoms with Crippen molar-refractivity contribution in [1.82, 2.24) is 9.55 Å². The molecule has 0 radical (unpaired) electrons. The van der Waals surface area contributed by atoms with Gasteiger partial charge in [0.2, 0.25) is 5.58 Å². The van der Waals surface area contributed by atoms with Crippen molar-refractivity contribution in [2.45, 2.75) is 24.4 Å². The number of aromatic nitrogens is 2. The van der Waals surface area contributed by atoms with Crippen LogP contribution in [-0.4, -0.2) is 29.7 Å². The van der Waals surface area contributed by atoms with Gasteiger partial charge in [0, 0.05) is 17.7 Å². The number of hydrogen-bond donors (Lipinski definition) is 0. The number of carbonyl (C=O) groups excluding carboxylic acids is 1. The first kappa shape index (κ1) is 21.7. The van der Waals surface area contributed by atoms with Gasteiger partial charge in [0.25, 0.3) is 5.56 Å². The molecule has 164 valence electrons. The van der Waals surface area contributed by atoms with Gasteiger partial charge in [0.1, 0.15) is 16.7 Å². The number of furan rings is 1. The third kappa shape index (κ3) is 3.89. The topological polar surface area (TPSA) is 83.6 Å². The van der Waals surface area contributed by atoms with Gasteiger partial charge >= 0.3 is 5.97 Å². The molecule has 0 aliphatic carbocycles. The number of methoxy groups -OCH3 is 2. The van der Waals surface area contributed by atoms with Gasteiger partial charge in [-0.3, -0.25) is 9.36 Å². The molecule has 0 N–H and O–H groups in total. The van der Waals surface area contributed by atoms with Crippen molar-refractivity contribution >= 4 is 45.4 Å². The van der Waals surface area contributed by atoms with Crippen LogP contribution in [-0.2, 0) is 26.6 Å². The summed E-state index contributed by atoms with van der Waals surface area (Å²) in [6.45, 7) is 2.35. The zero-order chi connectivity index (χ0) is 22.7.